The highest BCUT2D eigenvalue weighted by Crippen LogP contribution is 2.37. The van der Waals surface area contributed by atoms with Crippen LogP contribution in [0.1, 0.15) is 49.7 Å². The molecule has 1 atom stereocenters. The fourth-order valence-corrected chi connectivity index (χ4v) is 5.07. The maximum absolute atomic E-state index is 12.4. The van der Waals surface area contributed by atoms with Gasteiger partial charge in [0.1, 0.15) is 5.60 Å². The van der Waals surface area contributed by atoms with Gasteiger partial charge in [-0.2, -0.15) is 0 Å². The second-order valence-corrected chi connectivity index (χ2v) is 9.29. The number of hydrogen-bond acceptors (Lipinski definition) is 4. The standard InChI is InChI=1S/C26H32N2O3/c29-25-28(19-26(31-25)13-2-1-3-14-26)17-20-4-8-22(9-5-20)23-10-6-21(7-11-23)18-30-24-12-15-27-16-24/h4-11,24,27H,1-3,12-19H2. The van der Waals surface area contributed by atoms with Crippen molar-refractivity contribution in [1.29, 1.82) is 0 Å². The molecule has 2 aliphatic heterocycles. The molecule has 31 heavy (non-hydrogen) atoms. The van der Waals surface area contributed by atoms with E-state index in [9.17, 15) is 4.79 Å². The molecule has 1 amide bonds. The number of ether oxygens (including phenoxy) is 2. The third-order valence-electron chi connectivity index (χ3n) is 6.92. The molecule has 164 valence electrons. The van der Waals surface area contributed by atoms with Crippen molar-refractivity contribution in [1.82, 2.24) is 10.2 Å². The summed E-state index contributed by atoms with van der Waals surface area (Å²) >= 11 is 0. The van der Waals surface area contributed by atoms with Crippen LogP contribution in [0.4, 0.5) is 4.79 Å². The number of benzene rings is 2. The number of rotatable bonds is 6. The summed E-state index contributed by atoms with van der Waals surface area (Å²) in [5.74, 6) is 0. The van der Waals surface area contributed by atoms with E-state index in [0.29, 0.717) is 19.3 Å². The van der Waals surface area contributed by atoms with E-state index in [2.05, 4.69) is 53.8 Å². The van der Waals surface area contributed by atoms with Crippen molar-refractivity contribution in [2.75, 3.05) is 19.6 Å². The zero-order valence-corrected chi connectivity index (χ0v) is 18.1. The van der Waals surface area contributed by atoms with E-state index in [4.69, 9.17) is 9.47 Å². The zero-order valence-electron chi connectivity index (χ0n) is 18.1. The molecule has 2 aromatic carbocycles. The summed E-state index contributed by atoms with van der Waals surface area (Å²) < 4.78 is 11.8. The fraction of sp³-hybridized carbons (Fsp3) is 0.500. The van der Waals surface area contributed by atoms with E-state index >= 15 is 0 Å². The van der Waals surface area contributed by atoms with E-state index in [0.717, 1.165) is 44.5 Å². The van der Waals surface area contributed by atoms with Gasteiger partial charge in [0.2, 0.25) is 0 Å². The Bertz CT molecular complexity index is 882. The lowest BCUT2D eigenvalue weighted by Crippen LogP contribution is -2.36. The highest BCUT2D eigenvalue weighted by atomic mass is 16.6. The molecule has 5 heteroatoms. The molecule has 2 heterocycles. The molecule has 3 fully saturated rings. The van der Waals surface area contributed by atoms with Gasteiger partial charge in [0.25, 0.3) is 0 Å². The highest BCUT2D eigenvalue weighted by molar-refractivity contribution is 5.71. The quantitative estimate of drug-likeness (QED) is 0.723. The molecular weight excluding hydrogens is 388 g/mol. The van der Waals surface area contributed by atoms with E-state index < -0.39 is 0 Å². The van der Waals surface area contributed by atoms with Crippen LogP contribution >= 0.6 is 0 Å². The normalized spacial score (nSPS) is 22.8. The van der Waals surface area contributed by atoms with Crippen molar-refractivity contribution in [2.24, 2.45) is 0 Å². The Kier molecular flexibility index (Phi) is 5.97. The summed E-state index contributed by atoms with van der Waals surface area (Å²) in [6.07, 6.45) is 6.88. The van der Waals surface area contributed by atoms with Crippen LogP contribution in [-0.2, 0) is 22.6 Å². The van der Waals surface area contributed by atoms with Crippen LogP contribution in [0.15, 0.2) is 48.5 Å². The molecule has 5 nitrogen and oxygen atoms in total. The van der Waals surface area contributed by atoms with Crippen molar-refractivity contribution in [2.45, 2.75) is 63.4 Å². The van der Waals surface area contributed by atoms with Gasteiger partial charge in [0.05, 0.1) is 19.3 Å². The summed E-state index contributed by atoms with van der Waals surface area (Å²) in [5.41, 5.74) is 4.50. The second-order valence-electron chi connectivity index (χ2n) is 9.29. The van der Waals surface area contributed by atoms with Gasteiger partial charge in [-0.15, -0.1) is 0 Å². The van der Waals surface area contributed by atoms with Gasteiger partial charge in [0.15, 0.2) is 0 Å². The number of nitrogens with zero attached hydrogens (tertiary/aromatic N) is 1. The van der Waals surface area contributed by atoms with Crippen LogP contribution < -0.4 is 5.32 Å². The molecule has 1 spiro atoms. The van der Waals surface area contributed by atoms with Gasteiger partial charge in [-0.05, 0) is 60.9 Å². The molecule has 1 saturated carbocycles. The van der Waals surface area contributed by atoms with Crippen molar-refractivity contribution in [3.05, 3.63) is 59.7 Å². The minimum absolute atomic E-state index is 0.155. The molecule has 3 aliphatic rings. The maximum Gasteiger partial charge on any atom is 0.410 e. The molecule has 0 bridgehead atoms. The summed E-state index contributed by atoms with van der Waals surface area (Å²) in [7, 11) is 0. The third-order valence-corrected chi connectivity index (χ3v) is 6.92. The van der Waals surface area contributed by atoms with Crippen molar-refractivity contribution in [3.63, 3.8) is 0 Å². The maximum atomic E-state index is 12.4. The van der Waals surface area contributed by atoms with Crippen molar-refractivity contribution >= 4 is 6.09 Å². The molecule has 1 N–H and O–H groups in total. The molecule has 0 aromatic heterocycles. The Morgan fingerprint density at radius 2 is 1.65 bits per heavy atom. The van der Waals surface area contributed by atoms with Crippen LogP contribution in [0.5, 0.6) is 0 Å². The summed E-state index contributed by atoms with van der Waals surface area (Å²) in [4.78, 5) is 14.3. The molecule has 2 saturated heterocycles. The minimum atomic E-state index is -0.227. The SMILES string of the molecule is O=C1OC2(CCCCC2)CN1Cc1ccc(-c2ccc(COC3CCNC3)cc2)cc1. The van der Waals surface area contributed by atoms with Gasteiger partial charge in [-0.1, -0.05) is 55.0 Å². The first-order valence-corrected chi connectivity index (χ1v) is 11.7. The summed E-state index contributed by atoms with van der Waals surface area (Å²) in [5, 5.41) is 3.33. The van der Waals surface area contributed by atoms with E-state index in [-0.39, 0.29) is 11.7 Å². The van der Waals surface area contributed by atoms with Crippen molar-refractivity contribution < 1.29 is 14.3 Å². The van der Waals surface area contributed by atoms with Gasteiger partial charge >= 0.3 is 6.09 Å². The Morgan fingerprint density at radius 1 is 0.968 bits per heavy atom. The van der Waals surface area contributed by atoms with Crippen LogP contribution in [0.2, 0.25) is 0 Å². The third kappa shape index (κ3) is 4.78. The van der Waals surface area contributed by atoms with Gasteiger partial charge in [-0.25, -0.2) is 4.79 Å². The predicted octanol–water partition coefficient (Wildman–Crippen LogP) is 4.89. The van der Waals surface area contributed by atoms with E-state index in [1.54, 1.807) is 0 Å². The fourth-order valence-electron chi connectivity index (χ4n) is 5.07. The lowest BCUT2D eigenvalue weighted by atomic mass is 9.85. The summed E-state index contributed by atoms with van der Waals surface area (Å²) in [6.45, 7) is 4.03. The molecule has 5 rings (SSSR count). The zero-order chi connectivity index (χ0) is 21.1. The number of nitrogens with one attached hydrogen (secondary N) is 1. The average Bonchev–Trinajstić information content (AvgIpc) is 3.42. The van der Waals surface area contributed by atoms with Crippen LogP contribution in [-0.4, -0.2) is 42.3 Å². The van der Waals surface area contributed by atoms with Gasteiger partial charge in [0, 0.05) is 13.1 Å². The highest BCUT2D eigenvalue weighted by Gasteiger charge is 2.45. The Labute approximate surface area is 184 Å². The lowest BCUT2D eigenvalue weighted by Gasteiger charge is -2.30. The topological polar surface area (TPSA) is 50.8 Å². The first-order chi connectivity index (χ1) is 15.2. The minimum Gasteiger partial charge on any atom is -0.441 e. The molecule has 0 radical (unpaired) electrons. The molecular formula is C26H32N2O3. The average molecular weight is 421 g/mol. The molecule has 1 aliphatic carbocycles. The molecule has 1 unspecified atom stereocenters. The van der Waals surface area contributed by atoms with Crippen LogP contribution in [0, 0.1) is 0 Å². The number of carbonyl (C=O) groups is 1. The predicted molar refractivity (Wildman–Crippen MR) is 121 cm³/mol. The number of amides is 1. The molecule has 2 aromatic rings. The number of carbonyl (C=O) groups excluding carboxylic acids is 1. The van der Waals surface area contributed by atoms with E-state index in [1.807, 2.05) is 4.90 Å². The largest absolute Gasteiger partial charge is 0.441 e. The van der Waals surface area contributed by atoms with Crippen LogP contribution in [0.25, 0.3) is 11.1 Å². The Hall–Kier alpha value is -2.37. The van der Waals surface area contributed by atoms with Crippen molar-refractivity contribution in [3.8, 4) is 11.1 Å². The van der Waals surface area contributed by atoms with Gasteiger partial charge in [-0.3, -0.25) is 4.90 Å². The summed E-state index contributed by atoms with van der Waals surface area (Å²) in [6, 6.07) is 17.1. The first-order valence-electron chi connectivity index (χ1n) is 11.7. The first kappa shape index (κ1) is 20.5. The lowest BCUT2D eigenvalue weighted by molar-refractivity contribution is 0.0260. The Morgan fingerprint density at radius 3 is 2.29 bits per heavy atom. The number of hydrogen-bond donors (Lipinski definition) is 1. The smallest absolute Gasteiger partial charge is 0.410 e. The second kappa shape index (κ2) is 9.01. The van der Waals surface area contributed by atoms with Crippen LogP contribution in [0.3, 0.4) is 0 Å². The van der Waals surface area contributed by atoms with E-state index in [1.165, 1.54) is 36.0 Å². The monoisotopic (exact) mass is 420 g/mol. The Balaban J connectivity index is 1.17. The van der Waals surface area contributed by atoms with Gasteiger partial charge < -0.3 is 14.8 Å².